The molecule has 3 N–H and O–H groups in total. The SMILES string of the molecule is Cc1cccc(NC(=O)N2CCCC(C(=O)NC3CCCNC3)C2)c1. The monoisotopic (exact) mass is 344 g/mol. The Balaban J connectivity index is 1.53. The van der Waals surface area contributed by atoms with Crippen LogP contribution in [0.3, 0.4) is 0 Å². The highest BCUT2D eigenvalue weighted by Crippen LogP contribution is 2.19. The standard InChI is InChI=1S/C19H28N4O2/c1-14-5-2-7-16(11-14)22-19(25)23-10-4-6-15(13-23)18(24)21-17-8-3-9-20-12-17/h2,5,7,11,15,17,20H,3-4,6,8-10,12-13H2,1H3,(H,21,24)(H,22,25). The van der Waals surface area contributed by atoms with Crippen LogP contribution in [0.2, 0.25) is 0 Å². The van der Waals surface area contributed by atoms with Crippen molar-refractivity contribution in [1.29, 1.82) is 0 Å². The number of benzene rings is 1. The van der Waals surface area contributed by atoms with Gasteiger partial charge < -0.3 is 20.9 Å². The molecule has 2 fully saturated rings. The minimum atomic E-state index is -0.123. The molecule has 2 aliphatic rings. The summed E-state index contributed by atoms with van der Waals surface area (Å²) in [5.41, 5.74) is 1.90. The van der Waals surface area contributed by atoms with Gasteiger partial charge >= 0.3 is 6.03 Å². The molecular weight excluding hydrogens is 316 g/mol. The summed E-state index contributed by atoms with van der Waals surface area (Å²) < 4.78 is 0. The average Bonchev–Trinajstić information content (AvgIpc) is 2.62. The average molecular weight is 344 g/mol. The zero-order valence-corrected chi connectivity index (χ0v) is 14.9. The summed E-state index contributed by atoms with van der Waals surface area (Å²) in [4.78, 5) is 26.8. The summed E-state index contributed by atoms with van der Waals surface area (Å²) in [7, 11) is 0. The fourth-order valence-corrected chi connectivity index (χ4v) is 3.60. The molecule has 2 unspecified atom stereocenters. The lowest BCUT2D eigenvalue weighted by Crippen LogP contribution is -2.51. The van der Waals surface area contributed by atoms with Gasteiger partial charge in [-0.2, -0.15) is 0 Å². The summed E-state index contributed by atoms with van der Waals surface area (Å²) in [5.74, 6) is -0.0271. The van der Waals surface area contributed by atoms with E-state index in [9.17, 15) is 9.59 Å². The molecule has 0 aliphatic carbocycles. The van der Waals surface area contributed by atoms with Gasteiger partial charge in [0, 0.05) is 31.4 Å². The van der Waals surface area contributed by atoms with Crippen molar-refractivity contribution in [3.05, 3.63) is 29.8 Å². The van der Waals surface area contributed by atoms with Crippen LogP contribution in [0.25, 0.3) is 0 Å². The van der Waals surface area contributed by atoms with Gasteiger partial charge in [0.25, 0.3) is 0 Å². The van der Waals surface area contributed by atoms with Crippen LogP contribution < -0.4 is 16.0 Å². The minimum absolute atomic E-state index is 0.0850. The van der Waals surface area contributed by atoms with Gasteiger partial charge in [-0.25, -0.2) is 4.79 Å². The van der Waals surface area contributed by atoms with E-state index in [1.54, 1.807) is 4.90 Å². The Morgan fingerprint density at radius 1 is 1.24 bits per heavy atom. The van der Waals surface area contributed by atoms with E-state index in [1.165, 1.54) is 0 Å². The first-order chi connectivity index (χ1) is 12.1. The molecular formula is C19H28N4O2. The number of urea groups is 1. The van der Waals surface area contributed by atoms with Gasteiger partial charge in [0.2, 0.25) is 5.91 Å². The Labute approximate surface area is 149 Å². The molecule has 0 spiro atoms. The number of carbonyl (C=O) groups is 2. The highest BCUT2D eigenvalue weighted by Gasteiger charge is 2.29. The number of rotatable bonds is 3. The van der Waals surface area contributed by atoms with Crippen LogP contribution in [0.1, 0.15) is 31.2 Å². The molecule has 3 amide bonds. The highest BCUT2D eigenvalue weighted by molar-refractivity contribution is 5.90. The molecule has 136 valence electrons. The second-order valence-electron chi connectivity index (χ2n) is 7.14. The van der Waals surface area contributed by atoms with Gasteiger partial charge in [0.15, 0.2) is 0 Å². The van der Waals surface area contributed by atoms with E-state index >= 15 is 0 Å². The normalized spacial score (nSPS) is 23.8. The smallest absolute Gasteiger partial charge is 0.321 e. The van der Waals surface area contributed by atoms with Gasteiger partial charge in [-0.05, 0) is 56.8 Å². The van der Waals surface area contributed by atoms with Gasteiger partial charge in [-0.15, -0.1) is 0 Å². The second-order valence-corrected chi connectivity index (χ2v) is 7.14. The fraction of sp³-hybridized carbons (Fsp3) is 0.579. The van der Waals surface area contributed by atoms with E-state index in [4.69, 9.17) is 0 Å². The summed E-state index contributed by atoms with van der Waals surface area (Å²) in [6, 6.07) is 7.85. The number of carbonyl (C=O) groups excluding carboxylic acids is 2. The Morgan fingerprint density at radius 3 is 2.88 bits per heavy atom. The molecule has 1 aromatic carbocycles. The number of amides is 3. The number of likely N-dealkylation sites (tertiary alicyclic amines) is 1. The zero-order chi connectivity index (χ0) is 17.6. The molecule has 2 saturated heterocycles. The van der Waals surface area contributed by atoms with Gasteiger partial charge in [0.1, 0.15) is 0 Å². The second kappa shape index (κ2) is 8.34. The third-order valence-electron chi connectivity index (χ3n) is 4.99. The summed E-state index contributed by atoms with van der Waals surface area (Å²) >= 11 is 0. The number of hydrogen-bond donors (Lipinski definition) is 3. The molecule has 25 heavy (non-hydrogen) atoms. The zero-order valence-electron chi connectivity index (χ0n) is 14.9. The first-order valence-corrected chi connectivity index (χ1v) is 9.25. The van der Waals surface area contributed by atoms with Crippen LogP contribution in [0.4, 0.5) is 10.5 Å². The number of anilines is 1. The Morgan fingerprint density at radius 2 is 2.12 bits per heavy atom. The largest absolute Gasteiger partial charge is 0.352 e. The van der Waals surface area contributed by atoms with Crippen LogP contribution in [0.5, 0.6) is 0 Å². The Hall–Kier alpha value is -2.08. The van der Waals surface area contributed by atoms with Crippen molar-refractivity contribution in [2.75, 3.05) is 31.5 Å². The maximum atomic E-state index is 12.5. The predicted octanol–water partition coefficient (Wildman–Crippen LogP) is 2.11. The van der Waals surface area contributed by atoms with Crippen LogP contribution >= 0.6 is 0 Å². The Kier molecular flexibility index (Phi) is 5.91. The van der Waals surface area contributed by atoms with Gasteiger partial charge in [-0.3, -0.25) is 4.79 Å². The van der Waals surface area contributed by atoms with Gasteiger partial charge in [-0.1, -0.05) is 12.1 Å². The molecule has 0 bridgehead atoms. The maximum absolute atomic E-state index is 12.5. The minimum Gasteiger partial charge on any atom is -0.352 e. The van der Waals surface area contributed by atoms with E-state index < -0.39 is 0 Å². The molecule has 6 heteroatoms. The van der Waals surface area contributed by atoms with E-state index in [-0.39, 0.29) is 23.9 Å². The summed E-state index contributed by atoms with van der Waals surface area (Å²) in [6.45, 7) is 5.06. The number of aryl methyl sites for hydroxylation is 1. The molecule has 0 saturated carbocycles. The summed E-state index contributed by atoms with van der Waals surface area (Å²) in [5, 5.41) is 9.40. The number of piperidine rings is 2. The van der Waals surface area contributed by atoms with Crippen molar-refractivity contribution < 1.29 is 9.59 Å². The van der Waals surface area contributed by atoms with Crippen molar-refractivity contribution >= 4 is 17.6 Å². The van der Waals surface area contributed by atoms with Crippen molar-refractivity contribution in [3.63, 3.8) is 0 Å². The highest BCUT2D eigenvalue weighted by atomic mass is 16.2. The van der Waals surface area contributed by atoms with E-state index in [2.05, 4.69) is 16.0 Å². The number of nitrogens with zero attached hydrogens (tertiary/aromatic N) is 1. The number of hydrogen-bond acceptors (Lipinski definition) is 3. The fourth-order valence-electron chi connectivity index (χ4n) is 3.60. The molecule has 2 heterocycles. The lowest BCUT2D eigenvalue weighted by atomic mass is 9.96. The third kappa shape index (κ3) is 4.95. The molecule has 6 nitrogen and oxygen atoms in total. The van der Waals surface area contributed by atoms with Crippen molar-refractivity contribution in [1.82, 2.24) is 15.5 Å². The van der Waals surface area contributed by atoms with Crippen molar-refractivity contribution in [2.45, 2.75) is 38.6 Å². The first kappa shape index (κ1) is 17.7. The van der Waals surface area contributed by atoms with Gasteiger partial charge in [0.05, 0.1) is 5.92 Å². The maximum Gasteiger partial charge on any atom is 0.321 e. The summed E-state index contributed by atoms with van der Waals surface area (Å²) in [6.07, 6.45) is 3.84. The van der Waals surface area contributed by atoms with E-state index in [0.29, 0.717) is 13.1 Å². The molecule has 3 rings (SSSR count). The van der Waals surface area contributed by atoms with Crippen LogP contribution in [0, 0.1) is 12.8 Å². The molecule has 2 aliphatic heterocycles. The van der Waals surface area contributed by atoms with E-state index in [0.717, 1.165) is 50.0 Å². The van der Waals surface area contributed by atoms with Crippen molar-refractivity contribution in [2.24, 2.45) is 5.92 Å². The topological polar surface area (TPSA) is 73.5 Å². The van der Waals surface area contributed by atoms with Crippen LogP contribution in [0.15, 0.2) is 24.3 Å². The molecule has 1 aromatic rings. The van der Waals surface area contributed by atoms with Crippen LogP contribution in [-0.4, -0.2) is 49.1 Å². The Bertz CT molecular complexity index is 613. The third-order valence-corrected chi connectivity index (χ3v) is 4.99. The predicted molar refractivity (Wildman–Crippen MR) is 98.5 cm³/mol. The molecule has 0 radical (unpaired) electrons. The van der Waals surface area contributed by atoms with Crippen molar-refractivity contribution in [3.8, 4) is 0 Å². The quantitative estimate of drug-likeness (QED) is 0.786. The lowest BCUT2D eigenvalue weighted by molar-refractivity contribution is -0.127. The lowest BCUT2D eigenvalue weighted by Gasteiger charge is -2.33. The molecule has 0 aromatic heterocycles. The van der Waals surface area contributed by atoms with E-state index in [1.807, 2.05) is 31.2 Å². The first-order valence-electron chi connectivity index (χ1n) is 9.25. The molecule has 2 atom stereocenters. The number of nitrogens with one attached hydrogen (secondary N) is 3. The van der Waals surface area contributed by atoms with Crippen LogP contribution in [-0.2, 0) is 4.79 Å².